The standard InChI is InChI=1S/C22H31N3O/c1-24(2)13-14-25(18-20-8-6-12-23-16-20)17-19-7-5-11-22(15-19)26-21-9-3-4-10-21/h5-8,11-12,15-16,21H,3-4,9-10,13-14,17-18H2,1-2H3. The molecule has 0 spiro atoms. The molecule has 3 rings (SSSR count). The lowest BCUT2D eigenvalue weighted by Gasteiger charge is -2.24. The topological polar surface area (TPSA) is 28.6 Å². The van der Waals surface area contributed by atoms with Crippen molar-refractivity contribution in [2.75, 3.05) is 27.2 Å². The first-order valence-corrected chi connectivity index (χ1v) is 9.70. The van der Waals surface area contributed by atoms with Crippen LogP contribution in [0.1, 0.15) is 36.8 Å². The van der Waals surface area contributed by atoms with E-state index in [2.05, 4.69) is 59.2 Å². The fourth-order valence-corrected chi connectivity index (χ4v) is 3.48. The van der Waals surface area contributed by atoms with Gasteiger partial charge in [0, 0.05) is 38.6 Å². The molecule has 1 fully saturated rings. The second-order valence-corrected chi connectivity index (χ2v) is 7.55. The van der Waals surface area contributed by atoms with Crippen LogP contribution in [0.4, 0.5) is 0 Å². The van der Waals surface area contributed by atoms with Gasteiger partial charge in [0.25, 0.3) is 0 Å². The Morgan fingerprint density at radius 3 is 2.50 bits per heavy atom. The number of ether oxygens (including phenoxy) is 1. The molecule has 1 aromatic carbocycles. The number of rotatable bonds is 9. The molecule has 0 atom stereocenters. The van der Waals surface area contributed by atoms with Gasteiger partial charge in [-0.15, -0.1) is 0 Å². The number of hydrogen-bond donors (Lipinski definition) is 0. The van der Waals surface area contributed by atoms with Gasteiger partial charge in [-0.05, 0) is 69.1 Å². The molecule has 1 aromatic heterocycles. The van der Waals surface area contributed by atoms with Gasteiger partial charge in [0.05, 0.1) is 6.10 Å². The third-order valence-corrected chi connectivity index (χ3v) is 4.90. The maximum Gasteiger partial charge on any atom is 0.120 e. The lowest BCUT2D eigenvalue weighted by molar-refractivity contribution is 0.208. The van der Waals surface area contributed by atoms with Gasteiger partial charge in [-0.3, -0.25) is 9.88 Å². The number of pyridine rings is 1. The maximum atomic E-state index is 6.18. The van der Waals surface area contributed by atoms with Gasteiger partial charge in [-0.2, -0.15) is 0 Å². The van der Waals surface area contributed by atoms with E-state index < -0.39 is 0 Å². The highest BCUT2D eigenvalue weighted by Gasteiger charge is 2.16. The van der Waals surface area contributed by atoms with E-state index in [4.69, 9.17) is 4.74 Å². The molecule has 0 aliphatic heterocycles. The fourth-order valence-electron chi connectivity index (χ4n) is 3.48. The minimum atomic E-state index is 0.408. The molecule has 0 N–H and O–H groups in total. The molecule has 26 heavy (non-hydrogen) atoms. The molecule has 0 radical (unpaired) electrons. The first kappa shape index (κ1) is 18.9. The van der Waals surface area contributed by atoms with Crippen LogP contribution in [-0.4, -0.2) is 48.1 Å². The van der Waals surface area contributed by atoms with Crippen molar-refractivity contribution >= 4 is 0 Å². The average molecular weight is 354 g/mol. The largest absolute Gasteiger partial charge is 0.490 e. The number of nitrogens with zero attached hydrogens (tertiary/aromatic N) is 3. The third kappa shape index (κ3) is 6.11. The van der Waals surface area contributed by atoms with Crippen LogP contribution in [0.5, 0.6) is 5.75 Å². The molecule has 2 aromatic rings. The molecule has 4 nitrogen and oxygen atoms in total. The maximum absolute atomic E-state index is 6.18. The summed E-state index contributed by atoms with van der Waals surface area (Å²) in [4.78, 5) is 8.96. The quantitative estimate of drug-likeness (QED) is 0.682. The van der Waals surface area contributed by atoms with Crippen molar-refractivity contribution in [3.8, 4) is 5.75 Å². The second kappa shape index (κ2) is 9.70. The Balaban J connectivity index is 1.64. The Morgan fingerprint density at radius 2 is 1.77 bits per heavy atom. The van der Waals surface area contributed by atoms with E-state index in [0.717, 1.165) is 31.9 Å². The molecule has 0 unspecified atom stereocenters. The van der Waals surface area contributed by atoms with Crippen molar-refractivity contribution in [2.24, 2.45) is 0 Å². The van der Waals surface area contributed by atoms with Crippen LogP contribution in [0, 0.1) is 0 Å². The van der Waals surface area contributed by atoms with E-state index >= 15 is 0 Å². The van der Waals surface area contributed by atoms with Gasteiger partial charge in [-0.25, -0.2) is 0 Å². The summed E-state index contributed by atoms with van der Waals surface area (Å²) in [5, 5.41) is 0. The average Bonchev–Trinajstić information content (AvgIpc) is 3.14. The van der Waals surface area contributed by atoms with Crippen molar-refractivity contribution in [2.45, 2.75) is 44.9 Å². The molecule has 0 amide bonds. The van der Waals surface area contributed by atoms with Crippen LogP contribution in [-0.2, 0) is 13.1 Å². The van der Waals surface area contributed by atoms with Crippen LogP contribution < -0.4 is 4.74 Å². The molecule has 4 heteroatoms. The number of aromatic nitrogens is 1. The molecule has 0 saturated heterocycles. The van der Waals surface area contributed by atoms with Crippen molar-refractivity contribution in [1.29, 1.82) is 0 Å². The molecular formula is C22H31N3O. The Bertz CT molecular complexity index is 653. The highest BCUT2D eigenvalue weighted by atomic mass is 16.5. The molecule has 1 heterocycles. The summed E-state index contributed by atoms with van der Waals surface area (Å²) in [5.41, 5.74) is 2.56. The lowest BCUT2D eigenvalue weighted by atomic mass is 10.1. The summed E-state index contributed by atoms with van der Waals surface area (Å²) < 4.78 is 6.18. The van der Waals surface area contributed by atoms with E-state index in [1.54, 1.807) is 0 Å². The summed E-state index contributed by atoms with van der Waals surface area (Å²) in [6.07, 6.45) is 9.19. The summed E-state index contributed by atoms with van der Waals surface area (Å²) in [6.45, 7) is 3.90. The van der Waals surface area contributed by atoms with Gasteiger partial charge in [-0.1, -0.05) is 18.2 Å². The van der Waals surface area contributed by atoms with Crippen LogP contribution in [0.2, 0.25) is 0 Å². The van der Waals surface area contributed by atoms with Crippen LogP contribution in [0.3, 0.4) is 0 Å². The second-order valence-electron chi connectivity index (χ2n) is 7.55. The third-order valence-electron chi connectivity index (χ3n) is 4.90. The van der Waals surface area contributed by atoms with Crippen LogP contribution in [0.25, 0.3) is 0 Å². The Hall–Kier alpha value is -1.91. The first-order chi connectivity index (χ1) is 12.7. The van der Waals surface area contributed by atoms with Gasteiger partial charge >= 0.3 is 0 Å². The van der Waals surface area contributed by atoms with Crippen molar-refractivity contribution < 1.29 is 4.74 Å². The predicted molar refractivity (Wildman–Crippen MR) is 106 cm³/mol. The van der Waals surface area contributed by atoms with Crippen molar-refractivity contribution in [3.63, 3.8) is 0 Å². The molecule has 140 valence electrons. The fraction of sp³-hybridized carbons (Fsp3) is 0.500. The zero-order valence-corrected chi connectivity index (χ0v) is 16.1. The summed E-state index contributed by atoms with van der Waals surface area (Å²) >= 11 is 0. The summed E-state index contributed by atoms with van der Waals surface area (Å²) in [7, 11) is 4.25. The minimum absolute atomic E-state index is 0.408. The normalized spacial score (nSPS) is 15.1. The Labute approximate surface area is 157 Å². The highest BCUT2D eigenvalue weighted by Crippen LogP contribution is 2.25. The van der Waals surface area contributed by atoms with Crippen molar-refractivity contribution in [3.05, 3.63) is 59.9 Å². The SMILES string of the molecule is CN(C)CCN(Cc1cccnc1)Cc1cccc(OC2CCCC2)c1. The molecule has 1 aliphatic rings. The zero-order valence-electron chi connectivity index (χ0n) is 16.1. The van der Waals surface area contributed by atoms with E-state index in [0.29, 0.717) is 6.10 Å². The summed E-state index contributed by atoms with van der Waals surface area (Å²) in [6, 6.07) is 12.8. The Kier molecular flexibility index (Phi) is 7.04. The number of hydrogen-bond acceptors (Lipinski definition) is 4. The summed E-state index contributed by atoms with van der Waals surface area (Å²) in [5.74, 6) is 1.02. The number of benzene rings is 1. The van der Waals surface area contributed by atoms with Gasteiger partial charge in [0.15, 0.2) is 0 Å². The van der Waals surface area contributed by atoms with Gasteiger partial charge < -0.3 is 9.64 Å². The van der Waals surface area contributed by atoms with Crippen molar-refractivity contribution in [1.82, 2.24) is 14.8 Å². The van der Waals surface area contributed by atoms with E-state index in [1.807, 2.05) is 18.5 Å². The number of likely N-dealkylation sites (N-methyl/N-ethyl adjacent to an activating group) is 1. The molecule has 1 saturated carbocycles. The first-order valence-electron chi connectivity index (χ1n) is 9.70. The zero-order chi connectivity index (χ0) is 18.2. The molecular weight excluding hydrogens is 322 g/mol. The van der Waals surface area contributed by atoms with Crippen LogP contribution in [0.15, 0.2) is 48.8 Å². The smallest absolute Gasteiger partial charge is 0.120 e. The Morgan fingerprint density at radius 1 is 1.00 bits per heavy atom. The van der Waals surface area contributed by atoms with Gasteiger partial charge in [0.2, 0.25) is 0 Å². The minimum Gasteiger partial charge on any atom is -0.490 e. The van der Waals surface area contributed by atoms with Gasteiger partial charge in [0.1, 0.15) is 5.75 Å². The van der Waals surface area contributed by atoms with Crippen LogP contribution >= 0.6 is 0 Å². The van der Waals surface area contributed by atoms with E-state index in [1.165, 1.54) is 36.8 Å². The highest BCUT2D eigenvalue weighted by molar-refractivity contribution is 5.29. The lowest BCUT2D eigenvalue weighted by Crippen LogP contribution is -2.31. The molecule has 0 bridgehead atoms. The van der Waals surface area contributed by atoms with E-state index in [9.17, 15) is 0 Å². The van der Waals surface area contributed by atoms with E-state index in [-0.39, 0.29) is 0 Å². The predicted octanol–water partition coefficient (Wildman–Crippen LogP) is 3.97. The molecule has 1 aliphatic carbocycles. The monoisotopic (exact) mass is 353 g/mol.